The maximum Gasteiger partial charge on any atom is 0.0548 e. The molecule has 4 unspecified atom stereocenters. The first-order valence-corrected chi connectivity index (χ1v) is 15.4. The molecule has 0 amide bonds. The maximum atomic E-state index is 4.21. The van der Waals surface area contributed by atoms with Crippen molar-refractivity contribution in [3.63, 3.8) is 0 Å². The summed E-state index contributed by atoms with van der Waals surface area (Å²) < 4.78 is 0. The highest BCUT2D eigenvalue weighted by Crippen LogP contribution is 2.28. The molecule has 1 heteroatoms. The van der Waals surface area contributed by atoms with Crippen molar-refractivity contribution in [3.8, 4) is 0 Å². The Bertz CT molecular complexity index is 1420. The van der Waals surface area contributed by atoms with E-state index in [4.69, 9.17) is 0 Å². The van der Waals surface area contributed by atoms with Gasteiger partial charge in [0.1, 0.15) is 0 Å². The van der Waals surface area contributed by atoms with Gasteiger partial charge in [0.05, 0.1) is 6.04 Å². The smallest absolute Gasteiger partial charge is 0.0548 e. The molecular weight excluding hydrogens is 518 g/mol. The third-order valence-corrected chi connectivity index (χ3v) is 7.97. The van der Waals surface area contributed by atoms with Gasteiger partial charge < -0.3 is 4.90 Å². The number of hydrogen-bond donors (Lipinski definition) is 0. The third kappa shape index (κ3) is 9.72. The molecule has 4 rings (SSSR count). The van der Waals surface area contributed by atoms with E-state index < -0.39 is 0 Å². The molecule has 2 aliphatic rings. The summed E-state index contributed by atoms with van der Waals surface area (Å²) in [6.07, 6.45) is 42.9. The van der Waals surface area contributed by atoms with Crippen molar-refractivity contribution >= 4 is 11.8 Å². The second-order valence-electron chi connectivity index (χ2n) is 10.9. The van der Waals surface area contributed by atoms with Crippen LogP contribution in [-0.2, 0) is 0 Å². The Morgan fingerprint density at radius 3 is 2.33 bits per heavy atom. The molecular formula is C42H45N. The molecule has 0 fully saturated rings. The van der Waals surface area contributed by atoms with E-state index in [0.29, 0.717) is 11.8 Å². The molecule has 0 aliphatic heterocycles. The standard InChI is InChI=1S/C42H45N/c1-4-7-8-11-18-35-26-30-39(31-27-35)37(5-2)22-17-34-43(42-23-14-10-15-24-42)41(6-3)25-16-19-36-28-32-40(33-29-36)38-20-12-9-13-21-38/h4-20,23-24,26-28,30-34,36-38,41H,1-3,21-22,25,29H2/b8-7-,18-11+,19-16+,34-17+. The van der Waals surface area contributed by atoms with Crippen molar-refractivity contribution in [1.29, 1.82) is 0 Å². The highest BCUT2D eigenvalue weighted by atomic mass is 15.1. The van der Waals surface area contributed by atoms with Crippen LogP contribution in [0.4, 0.5) is 5.69 Å². The minimum atomic E-state index is 0.149. The van der Waals surface area contributed by atoms with Gasteiger partial charge in [-0.25, -0.2) is 0 Å². The number of nitrogens with zero attached hydrogens (tertiary/aromatic N) is 1. The minimum Gasteiger partial charge on any atom is -0.341 e. The zero-order chi connectivity index (χ0) is 30.1. The van der Waals surface area contributed by atoms with E-state index in [0.717, 1.165) is 31.4 Å². The van der Waals surface area contributed by atoms with Crippen LogP contribution in [-0.4, -0.2) is 6.04 Å². The topological polar surface area (TPSA) is 3.24 Å². The van der Waals surface area contributed by atoms with Gasteiger partial charge in [-0.15, -0.1) is 13.2 Å². The SMILES string of the molecule is C=C/C=C\C=C\c1ccc(C(C=C)C/C=C/N(c2ccccc2)C(C=C)C/C=C/C2C=CC(C3C=CC=CC3)=CC2)cc1. The first kappa shape index (κ1) is 31.3. The van der Waals surface area contributed by atoms with E-state index in [9.17, 15) is 0 Å². The molecule has 4 atom stereocenters. The van der Waals surface area contributed by atoms with E-state index in [1.807, 2.05) is 24.3 Å². The van der Waals surface area contributed by atoms with Crippen LogP contribution in [0.15, 0.2) is 183 Å². The van der Waals surface area contributed by atoms with Crippen molar-refractivity contribution < 1.29 is 0 Å². The fourth-order valence-electron chi connectivity index (χ4n) is 5.46. The van der Waals surface area contributed by atoms with Crippen LogP contribution in [0.2, 0.25) is 0 Å². The van der Waals surface area contributed by atoms with Crippen LogP contribution in [0.25, 0.3) is 6.08 Å². The van der Waals surface area contributed by atoms with Gasteiger partial charge in [0.15, 0.2) is 0 Å². The lowest BCUT2D eigenvalue weighted by atomic mass is 9.86. The summed E-state index contributed by atoms with van der Waals surface area (Å²) in [6, 6.07) is 19.4. The summed E-state index contributed by atoms with van der Waals surface area (Å²) in [6.45, 7) is 12.0. The summed E-state index contributed by atoms with van der Waals surface area (Å²) in [5, 5.41) is 0. The number of rotatable bonds is 15. The average molecular weight is 564 g/mol. The lowest BCUT2D eigenvalue weighted by molar-refractivity contribution is 0.733. The maximum absolute atomic E-state index is 4.21. The lowest BCUT2D eigenvalue weighted by Crippen LogP contribution is -2.28. The predicted molar refractivity (Wildman–Crippen MR) is 190 cm³/mol. The highest BCUT2D eigenvalue weighted by molar-refractivity contribution is 5.53. The molecule has 0 saturated carbocycles. The molecule has 0 spiro atoms. The van der Waals surface area contributed by atoms with E-state index in [1.54, 1.807) is 6.08 Å². The van der Waals surface area contributed by atoms with E-state index in [1.165, 1.54) is 16.7 Å². The normalized spacial score (nSPS) is 19.7. The minimum absolute atomic E-state index is 0.149. The second kappa shape index (κ2) is 17.4. The summed E-state index contributed by atoms with van der Waals surface area (Å²) in [7, 11) is 0. The molecule has 0 N–H and O–H groups in total. The average Bonchev–Trinajstić information content (AvgIpc) is 3.07. The lowest BCUT2D eigenvalue weighted by Gasteiger charge is -2.28. The Morgan fingerprint density at radius 1 is 0.814 bits per heavy atom. The molecule has 2 aromatic rings. The quantitative estimate of drug-likeness (QED) is 0.154. The van der Waals surface area contributed by atoms with Gasteiger partial charge in [-0.1, -0.05) is 152 Å². The number of benzene rings is 2. The van der Waals surface area contributed by atoms with Gasteiger partial charge >= 0.3 is 0 Å². The van der Waals surface area contributed by atoms with Crippen molar-refractivity contribution in [2.24, 2.45) is 11.8 Å². The summed E-state index contributed by atoms with van der Waals surface area (Å²) in [4.78, 5) is 2.33. The Labute approximate surface area is 260 Å². The molecule has 0 heterocycles. The predicted octanol–water partition coefficient (Wildman–Crippen LogP) is 11.3. The molecule has 2 aromatic carbocycles. The van der Waals surface area contributed by atoms with Crippen LogP contribution in [0.1, 0.15) is 42.7 Å². The molecule has 2 aliphatic carbocycles. The molecule has 1 nitrogen and oxygen atoms in total. The van der Waals surface area contributed by atoms with Crippen molar-refractivity contribution in [1.82, 2.24) is 0 Å². The number of anilines is 1. The van der Waals surface area contributed by atoms with Crippen molar-refractivity contribution in [2.75, 3.05) is 4.90 Å². The fourth-order valence-corrected chi connectivity index (χ4v) is 5.46. The van der Waals surface area contributed by atoms with Gasteiger partial charge in [-0.05, 0) is 60.4 Å². The summed E-state index contributed by atoms with van der Waals surface area (Å²) >= 11 is 0. The zero-order valence-electron chi connectivity index (χ0n) is 25.3. The monoisotopic (exact) mass is 563 g/mol. The van der Waals surface area contributed by atoms with Gasteiger partial charge in [-0.3, -0.25) is 0 Å². The third-order valence-electron chi connectivity index (χ3n) is 7.97. The van der Waals surface area contributed by atoms with Crippen molar-refractivity contribution in [2.45, 2.75) is 37.6 Å². The summed E-state index contributed by atoms with van der Waals surface area (Å²) in [5.74, 6) is 1.21. The van der Waals surface area contributed by atoms with Gasteiger partial charge in [-0.2, -0.15) is 0 Å². The molecule has 0 radical (unpaired) electrons. The van der Waals surface area contributed by atoms with E-state index >= 15 is 0 Å². The second-order valence-corrected chi connectivity index (χ2v) is 10.9. The van der Waals surface area contributed by atoms with Gasteiger partial charge in [0.25, 0.3) is 0 Å². The van der Waals surface area contributed by atoms with Crippen molar-refractivity contribution in [3.05, 3.63) is 194 Å². The molecule has 218 valence electrons. The first-order valence-electron chi connectivity index (χ1n) is 15.4. The number of hydrogen-bond acceptors (Lipinski definition) is 1. The number of allylic oxidation sites excluding steroid dienone is 15. The highest BCUT2D eigenvalue weighted by Gasteiger charge is 2.15. The molecule has 43 heavy (non-hydrogen) atoms. The molecule has 0 aromatic heterocycles. The number of para-hydroxylation sites is 1. The van der Waals surface area contributed by atoms with Crippen LogP contribution >= 0.6 is 0 Å². The van der Waals surface area contributed by atoms with Crippen LogP contribution < -0.4 is 4.90 Å². The van der Waals surface area contributed by atoms with E-state index in [2.05, 4.69) is 158 Å². The molecule has 0 saturated heterocycles. The first-order chi connectivity index (χ1) is 21.2. The van der Waals surface area contributed by atoms with Crippen LogP contribution in [0.3, 0.4) is 0 Å². The van der Waals surface area contributed by atoms with Gasteiger partial charge in [0, 0.05) is 23.7 Å². The van der Waals surface area contributed by atoms with Crippen LogP contribution in [0.5, 0.6) is 0 Å². The Balaban J connectivity index is 1.38. The van der Waals surface area contributed by atoms with E-state index in [-0.39, 0.29) is 12.0 Å². The van der Waals surface area contributed by atoms with Crippen LogP contribution in [0, 0.1) is 11.8 Å². The Kier molecular flexibility index (Phi) is 12.6. The Hall–Kier alpha value is -4.62. The largest absolute Gasteiger partial charge is 0.341 e. The van der Waals surface area contributed by atoms with Gasteiger partial charge in [0.2, 0.25) is 0 Å². The Morgan fingerprint density at radius 2 is 1.65 bits per heavy atom. The fraction of sp³-hybridized carbons (Fsp3) is 0.190. The zero-order valence-corrected chi connectivity index (χ0v) is 25.3. The molecule has 0 bridgehead atoms. The summed E-state index contributed by atoms with van der Waals surface area (Å²) in [5.41, 5.74) is 5.04.